The van der Waals surface area contributed by atoms with Gasteiger partial charge in [-0.2, -0.15) is 18.4 Å². The first-order valence-corrected chi connectivity index (χ1v) is 9.56. The summed E-state index contributed by atoms with van der Waals surface area (Å²) in [6.45, 7) is 0. The topological polar surface area (TPSA) is 64.9 Å². The smallest absolute Gasteiger partial charge is 0.336 e. The number of hydrogen-bond acceptors (Lipinski definition) is 3. The number of carbonyl (C=O) groups excluding carboxylic acids is 1. The molecule has 1 fully saturated rings. The van der Waals surface area contributed by atoms with Crippen molar-refractivity contribution in [2.75, 3.05) is 0 Å². The van der Waals surface area contributed by atoms with Gasteiger partial charge >= 0.3 is 6.18 Å². The van der Waals surface area contributed by atoms with Crippen molar-refractivity contribution in [2.24, 2.45) is 0 Å². The summed E-state index contributed by atoms with van der Waals surface area (Å²) < 4.78 is 54.6. The molecule has 9 heteroatoms. The number of rotatable bonds is 7. The summed E-state index contributed by atoms with van der Waals surface area (Å²) in [6.07, 6.45) is -3.99. The molecule has 30 heavy (non-hydrogen) atoms. The van der Waals surface area contributed by atoms with Crippen molar-refractivity contribution < 1.29 is 22.4 Å². The summed E-state index contributed by atoms with van der Waals surface area (Å²) in [6, 6.07) is 8.84. The number of halogens is 5. The predicted octanol–water partition coefficient (Wildman–Crippen LogP) is 4.46. The van der Waals surface area contributed by atoms with Crippen molar-refractivity contribution in [3.05, 3.63) is 70.5 Å². The van der Waals surface area contributed by atoms with Gasteiger partial charge in [-0.25, -0.2) is 4.39 Å². The van der Waals surface area contributed by atoms with Gasteiger partial charge in [0.15, 0.2) is 0 Å². The Morgan fingerprint density at radius 1 is 1.17 bits per heavy atom. The molecule has 0 saturated heterocycles. The van der Waals surface area contributed by atoms with Crippen LogP contribution in [-0.2, 0) is 11.2 Å². The second-order valence-electron chi connectivity index (χ2n) is 7.22. The number of carbonyl (C=O) groups is 1. The summed E-state index contributed by atoms with van der Waals surface area (Å²) in [7, 11) is 0. The third kappa shape index (κ3) is 5.29. The molecular weight excluding hydrogens is 422 g/mol. The fourth-order valence-corrected chi connectivity index (χ4v) is 3.27. The van der Waals surface area contributed by atoms with Gasteiger partial charge in [0.25, 0.3) is 0 Å². The third-order valence-electron chi connectivity index (χ3n) is 4.92. The molecule has 1 aliphatic rings. The molecule has 0 spiro atoms. The van der Waals surface area contributed by atoms with E-state index >= 15 is 0 Å². The van der Waals surface area contributed by atoms with Gasteiger partial charge in [0.05, 0.1) is 12.1 Å². The van der Waals surface area contributed by atoms with Crippen molar-refractivity contribution in [3.63, 3.8) is 0 Å². The van der Waals surface area contributed by atoms with E-state index in [-0.39, 0.29) is 12.0 Å². The lowest BCUT2D eigenvalue weighted by atomic mass is 10.0. The first-order chi connectivity index (χ1) is 14.1. The number of nitriles is 1. The van der Waals surface area contributed by atoms with Crippen LogP contribution in [0.2, 0.25) is 5.02 Å². The quantitative estimate of drug-likeness (QED) is 0.626. The number of amides is 1. The second kappa shape index (κ2) is 8.62. The molecule has 2 atom stereocenters. The van der Waals surface area contributed by atoms with Crippen molar-refractivity contribution in [2.45, 2.75) is 43.1 Å². The van der Waals surface area contributed by atoms with E-state index in [2.05, 4.69) is 10.6 Å². The van der Waals surface area contributed by atoms with E-state index < -0.39 is 35.5 Å². The summed E-state index contributed by atoms with van der Waals surface area (Å²) in [4.78, 5) is 12.8. The number of alkyl halides is 3. The van der Waals surface area contributed by atoms with Crippen LogP contribution >= 0.6 is 11.6 Å². The maximum absolute atomic E-state index is 13.8. The van der Waals surface area contributed by atoms with Crippen LogP contribution < -0.4 is 10.6 Å². The minimum atomic E-state index is -4.75. The molecule has 4 nitrogen and oxygen atoms in total. The van der Waals surface area contributed by atoms with Gasteiger partial charge in [0, 0.05) is 5.02 Å². The van der Waals surface area contributed by atoms with E-state index in [0.29, 0.717) is 23.4 Å². The normalized spacial score (nSPS) is 16.9. The average Bonchev–Trinajstić information content (AvgIpc) is 3.46. The van der Waals surface area contributed by atoms with Gasteiger partial charge in [0.1, 0.15) is 17.4 Å². The van der Waals surface area contributed by atoms with Crippen LogP contribution in [0.15, 0.2) is 48.5 Å². The first-order valence-electron chi connectivity index (χ1n) is 9.18. The maximum atomic E-state index is 13.8. The van der Waals surface area contributed by atoms with E-state index in [0.717, 1.165) is 24.3 Å². The lowest BCUT2D eigenvalue weighted by molar-refractivity contribution is -0.161. The van der Waals surface area contributed by atoms with Gasteiger partial charge in [0.2, 0.25) is 5.91 Å². The van der Waals surface area contributed by atoms with Crippen LogP contribution in [0.1, 0.15) is 30.0 Å². The molecule has 0 aromatic heterocycles. The van der Waals surface area contributed by atoms with Crippen molar-refractivity contribution >= 4 is 17.5 Å². The van der Waals surface area contributed by atoms with Crippen LogP contribution in [0.25, 0.3) is 0 Å². The number of nitrogens with one attached hydrogen (secondary N) is 2. The highest BCUT2D eigenvalue weighted by Gasteiger charge is 2.47. The highest BCUT2D eigenvalue weighted by molar-refractivity contribution is 6.31. The molecular formula is C21H18ClF4N3O. The molecule has 1 amide bonds. The fraction of sp³-hybridized carbons (Fsp3) is 0.333. The standard InChI is InChI=1S/C21H18ClF4N3O/c22-16-4-2-1-3-14(16)11-17(19(30)29-20(12-27)9-10-20)28-18(21(24,25)26)13-5-7-15(23)8-6-13/h1-8,17-18,28H,9-11H2,(H,29,30)/t17-,18-/m0/s1. The molecule has 0 aliphatic heterocycles. The zero-order valence-corrected chi connectivity index (χ0v) is 16.4. The highest BCUT2D eigenvalue weighted by atomic mass is 35.5. The molecule has 0 unspecified atom stereocenters. The van der Waals surface area contributed by atoms with Crippen LogP contribution in [0, 0.1) is 17.1 Å². The van der Waals surface area contributed by atoms with E-state index in [4.69, 9.17) is 11.6 Å². The van der Waals surface area contributed by atoms with E-state index in [9.17, 15) is 27.6 Å². The van der Waals surface area contributed by atoms with Gasteiger partial charge < -0.3 is 5.32 Å². The summed E-state index contributed by atoms with van der Waals surface area (Å²) in [5, 5.41) is 14.4. The lowest BCUT2D eigenvalue weighted by Gasteiger charge is -2.28. The zero-order chi connectivity index (χ0) is 21.9. The monoisotopic (exact) mass is 439 g/mol. The molecule has 0 heterocycles. The van der Waals surface area contributed by atoms with Crippen LogP contribution in [0.3, 0.4) is 0 Å². The lowest BCUT2D eigenvalue weighted by Crippen LogP contribution is -2.52. The number of hydrogen-bond donors (Lipinski definition) is 2. The Labute approximate surface area is 175 Å². The Kier molecular flexibility index (Phi) is 6.34. The number of nitrogens with zero attached hydrogens (tertiary/aromatic N) is 1. The van der Waals surface area contributed by atoms with E-state index in [1.807, 2.05) is 6.07 Å². The van der Waals surface area contributed by atoms with Gasteiger partial charge in [-0.05, 0) is 48.6 Å². The maximum Gasteiger partial charge on any atom is 0.407 e. The van der Waals surface area contributed by atoms with Gasteiger partial charge in [-0.1, -0.05) is 41.9 Å². The Morgan fingerprint density at radius 2 is 1.80 bits per heavy atom. The van der Waals surface area contributed by atoms with Gasteiger partial charge in [-0.15, -0.1) is 0 Å². The van der Waals surface area contributed by atoms with Crippen LogP contribution in [0.4, 0.5) is 17.6 Å². The van der Waals surface area contributed by atoms with E-state index in [1.165, 1.54) is 0 Å². The second-order valence-corrected chi connectivity index (χ2v) is 7.63. The summed E-state index contributed by atoms with van der Waals surface area (Å²) in [5.74, 6) is -1.40. The molecule has 2 aromatic carbocycles. The molecule has 2 aromatic rings. The fourth-order valence-electron chi connectivity index (χ4n) is 3.06. The first kappa shape index (κ1) is 22.1. The molecule has 1 aliphatic carbocycles. The largest absolute Gasteiger partial charge is 0.407 e. The molecule has 0 bridgehead atoms. The minimum Gasteiger partial charge on any atom is -0.336 e. The zero-order valence-electron chi connectivity index (χ0n) is 15.6. The third-order valence-corrected chi connectivity index (χ3v) is 5.29. The van der Waals surface area contributed by atoms with Crippen LogP contribution in [0.5, 0.6) is 0 Å². The SMILES string of the molecule is N#CC1(NC(=O)[C@H](Cc2ccccc2Cl)N[C@@H](c2ccc(F)cc2)C(F)(F)F)CC1. The Hall–Kier alpha value is -2.63. The highest BCUT2D eigenvalue weighted by Crippen LogP contribution is 2.36. The average molecular weight is 440 g/mol. The van der Waals surface area contributed by atoms with Gasteiger partial charge in [-0.3, -0.25) is 10.1 Å². The Bertz CT molecular complexity index is 952. The van der Waals surface area contributed by atoms with Crippen molar-refractivity contribution in [1.82, 2.24) is 10.6 Å². The van der Waals surface area contributed by atoms with Crippen molar-refractivity contribution in [1.29, 1.82) is 5.26 Å². The summed E-state index contributed by atoms with van der Waals surface area (Å²) in [5.41, 5.74) is -0.794. The van der Waals surface area contributed by atoms with E-state index in [1.54, 1.807) is 24.3 Å². The summed E-state index contributed by atoms with van der Waals surface area (Å²) >= 11 is 6.13. The molecule has 3 rings (SSSR count). The van der Waals surface area contributed by atoms with Crippen LogP contribution in [-0.4, -0.2) is 23.7 Å². The molecule has 0 radical (unpaired) electrons. The molecule has 158 valence electrons. The molecule has 2 N–H and O–H groups in total. The van der Waals surface area contributed by atoms with Crippen molar-refractivity contribution in [3.8, 4) is 6.07 Å². The minimum absolute atomic E-state index is 0.124. The number of benzene rings is 2. The predicted molar refractivity (Wildman–Crippen MR) is 103 cm³/mol. The Morgan fingerprint density at radius 3 is 2.33 bits per heavy atom. The Balaban J connectivity index is 1.90. The molecule has 1 saturated carbocycles.